The van der Waals surface area contributed by atoms with E-state index >= 15 is 0 Å². The predicted molar refractivity (Wildman–Crippen MR) is 137 cm³/mol. The number of hydrogen-bond acceptors (Lipinski definition) is 3. The van der Waals surface area contributed by atoms with Gasteiger partial charge in [-0.1, -0.05) is 121 Å². The van der Waals surface area contributed by atoms with Crippen LogP contribution in [0.1, 0.15) is 16.7 Å². The molecule has 3 nitrogen and oxygen atoms in total. The fraction of sp³-hybridized carbons (Fsp3) is 0.143. The fourth-order valence-corrected chi connectivity index (χ4v) is 5.06. The van der Waals surface area contributed by atoms with E-state index in [9.17, 15) is 0 Å². The summed E-state index contributed by atoms with van der Waals surface area (Å²) in [6.45, 7) is 0. The zero-order valence-corrected chi connectivity index (χ0v) is 20.9. The molecular formula is C21H18B3Br3O3. The highest BCUT2D eigenvalue weighted by Crippen LogP contribution is 2.16. The summed E-state index contributed by atoms with van der Waals surface area (Å²) in [5.41, 5.74) is 6.39. The van der Waals surface area contributed by atoms with Gasteiger partial charge in [-0.25, -0.2) is 0 Å². The minimum atomic E-state index is -0.547. The highest BCUT2D eigenvalue weighted by molar-refractivity contribution is 9.09. The first-order valence-electron chi connectivity index (χ1n) is 9.62. The molecule has 1 fully saturated rings. The van der Waals surface area contributed by atoms with Crippen LogP contribution in [-0.4, -0.2) is 21.4 Å². The molecule has 4 rings (SSSR count). The Morgan fingerprint density at radius 3 is 1.00 bits per heavy atom. The Kier molecular flexibility index (Phi) is 7.95. The van der Waals surface area contributed by atoms with Crippen molar-refractivity contribution in [3.05, 3.63) is 89.5 Å². The summed E-state index contributed by atoms with van der Waals surface area (Å²) in [5, 5.41) is 2.16. The third-order valence-electron chi connectivity index (χ3n) is 5.10. The van der Waals surface area contributed by atoms with Gasteiger partial charge in [0.2, 0.25) is 0 Å². The van der Waals surface area contributed by atoms with Crippen LogP contribution in [0.15, 0.2) is 72.8 Å². The second kappa shape index (κ2) is 10.7. The van der Waals surface area contributed by atoms with Gasteiger partial charge >= 0.3 is 21.4 Å². The molecule has 1 aliphatic heterocycles. The van der Waals surface area contributed by atoms with Crippen LogP contribution < -0.4 is 16.4 Å². The summed E-state index contributed by atoms with van der Waals surface area (Å²) >= 11 is 10.8. The van der Waals surface area contributed by atoms with Gasteiger partial charge in [0, 0.05) is 16.0 Å². The van der Waals surface area contributed by atoms with E-state index in [4.69, 9.17) is 13.7 Å². The maximum atomic E-state index is 6.37. The molecule has 0 radical (unpaired) electrons. The molecule has 1 heterocycles. The first-order chi connectivity index (χ1) is 14.7. The molecule has 0 aliphatic carbocycles. The molecule has 9 heteroatoms. The molecule has 1 saturated heterocycles. The molecule has 3 aromatic carbocycles. The Balaban J connectivity index is 1.76. The lowest BCUT2D eigenvalue weighted by Gasteiger charge is -2.33. The summed E-state index contributed by atoms with van der Waals surface area (Å²) in [6, 6.07) is 24.5. The molecule has 1 aliphatic rings. The van der Waals surface area contributed by atoms with Gasteiger partial charge in [0.05, 0.1) is 0 Å². The van der Waals surface area contributed by atoms with Crippen molar-refractivity contribution in [2.24, 2.45) is 0 Å². The lowest BCUT2D eigenvalue weighted by molar-refractivity contribution is 0.308. The molecule has 0 spiro atoms. The number of benzene rings is 3. The highest BCUT2D eigenvalue weighted by atomic mass is 79.9. The second-order valence-corrected chi connectivity index (χ2v) is 8.58. The lowest BCUT2D eigenvalue weighted by Crippen LogP contribution is -2.62. The molecular weight excluding hydrogens is 572 g/mol. The van der Waals surface area contributed by atoms with Gasteiger partial charge in [0.1, 0.15) is 0 Å². The Bertz CT molecular complexity index is 875. The van der Waals surface area contributed by atoms with Crippen molar-refractivity contribution in [2.45, 2.75) is 16.0 Å². The van der Waals surface area contributed by atoms with Crippen LogP contribution in [0.2, 0.25) is 0 Å². The van der Waals surface area contributed by atoms with Crippen molar-refractivity contribution in [2.75, 3.05) is 0 Å². The zero-order valence-electron chi connectivity index (χ0n) is 16.1. The van der Waals surface area contributed by atoms with E-state index < -0.39 is 21.4 Å². The van der Waals surface area contributed by atoms with Gasteiger partial charge in [-0.2, -0.15) is 0 Å². The van der Waals surface area contributed by atoms with Gasteiger partial charge in [-0.05, 0) is 33.1 Å². The molecule has 150 valence electrons. The maximum Gasteiger partial charge on any atom is 0.467 e. The SMILES string of the molecule is BrCc1ccccc1B1OB(c2ccccc2CBr)OB(c2ccccc2CBr)O1. The smallest absolute Gasteiger partial charge is 0.445 e. The third-order valence-corrected chi connectivity index (χ3v) is 6.91. The van der Waals surface area contributed by atoms with E-state index in [0.717, 1.165) is 49.1 Å². The monoisotopic (exact) mass is 588 g/mol. The van der Waals surface area contributed by atoms with Crippen LogP contribution in [0.4, 0.5) is 0 Å². The fourth-order valence-electron chi connectivity index (χ4n) is 3.53. The summed E-state index contributed by atoms with van der Waals surface area (Å²) < 4.78 is 19.1. The van der Waals surface area contributed by atoms with E-state index in [1.54, 1.807) is 0 Å². The maximum absolute atomic E-state index is 6.37. The van der Waals surface area contributed by atoms with E-state index in [-0.39, 0.29) is 0 Å². The Hall–Kier alpha value is -0.825. The van der Waals surface area contributed by atoms with Crippen molar-refractivity contribution in [1.29, 1.82) is 0 Å². The first kappa shape index (κ1) is 22.4. The van der Waals surface area contributed by atoms with Gasteiger partial charge < -0.3 is 13.7 Å². The van der Waals surface area contributed by atoms with E-state index in [1.165, 1.54) is 0 Å². The summed E-state index contributed by atoms with van der Waals surface area (Å²) in [7, 11) is -1.64. The quantitative estimate of drug-likeness (QED) is 0.322. The van der Waals surface area contributed by atoms with Crippen LogP contribution in [-0.2, 0) is 29.7 Å². The molecule has 30 heavy (non-hydrogen) atoms. The normalized spacial score (nSPS) is 14.3. The van der Waals surface area contributed by atoms with Crippen LogP contribution in [0, 0.1) is 0 Å². The largest absolute Gasteiger partial charge is 0.467 e. The number of halogens is 3. The Labute approximate surface area is 203 Å². The van der Waals surface area contributed by atoms with Crippen LogP contribution in [0.3, 0.4) is 0 Å². The number of hydrogen-bond donors (Lipinski definition) is 0. The summed E-state index contributed by atoms with van der Waals surface area (Å²) in [5.74, 6) is 0. The number of rotatable bonds is 6. The lowest BCUT2D eigenvalue weighted by atomic mass is 9.60. The highest BCUT2D eigenvalue weighted by Gasteiger charge is 2.45. The third kappa shape index (κ3) is 4.82. The minimum absolute atomic E-state index is 0.547. The molecule has 0 N–H and O–H groups in total. The van der Waals surface area contributed by atoms with Gasteiger partial charge in [0.15, 0.2) is 0 Å². The molecule has 3 aromatic rings. The Morgan fingerprint density at radius 1 is 0.467 bits per heavy atom. The molecule has 0 unspecified atom stereocenters. The van der Waals surface area contributed by atoms with Crippen LogP contribution >= 0.6 is 47.8 Å². The number of alkyl halides is 3. The summed E-state index contributed by atoms with van der Waals surface area (Å²) in [6.07, 6.45) is 0. The Morgan fingerprint density at radius 2 is 0.733 bits per heavy atom. The molecule has 0 aromatic heterocycles. The van der Waals surface area contributed by atoms with Gasteiger partial charge in [-0.15, -0.1) is 0 Å². The van der Waals surface area contributed by atoms with Crippen molar-refractivity contribution in [1.82, 2.24) is 0 Å². The predicted octanol–water partition coefficient (Wildman–Crippen LogP) is 3.92. The first-order valence-corrected chi connectivity index (χ1v) is 13.0. The average molecular weight is 591 g/mol. The molecule has 0 atom stereocenters. The van der Waals surface area contributed by atoms with Crippen molar-refractivity contribution >= 4 is 85.5 Å². The van der Waals surface area contributed by atoms with E-state index in [2.05, 4.69) is 66.0 Å². The average Bonchev–Trinajstić information content (AvgIpc) is 2.83. The second-order valence-electron chi connectivity index (χ2n) is 6.90. The van der Waals surface area contributed by atoms with E-state index in [1.807, 2.05) is 54.6 Å². The van der Waals surface area contributed by atoms with Crippen molar-refractivity contribution in [3.8, 4) is 0 Å². The van der Waals surface area contributed by atoms with Crippen molar-refractivity contribution < 1.29 is 13.7 Å². The molecule has 0 amide bonds. The van der Waals surface area contributed by atoms with Gasteiger partial charge in [-0.3, -0.25) is 0 Å². The standard InChI is InChI=1S/C21H18B3Br3O3/c25-13-16-7-1-4-10-19(16)22-28-23(20-11-5-2-8-17(20)14-26)30-24(29-22)21-12-6-3-9-18(21)15-27/h1-12H,13-15H2. The molecule has 0 bridgehead atoms. The summed E-state index contributed by atoms with van der Waals surface area (Å²) in [4.78, 5) is 0. The zero-order chi connectivity index (χ0) is 20.9. The van der Waals surface area contributed by atoms with Gasteiger partial charge in [0.25, 0.3) is 0 Å². The van der Waals surface area contributed by atoms with E-state index in [0.29, 0.717) is 0 Å². The molecule has 0 saturated carbocycles. The minimum Gasteiger partial charge on any atom is -0.445 e. The van der Waals surface area contributed by atoms with Crippen LogP contribution in [0.25, 0.3) is 0 Å². The van der Waals surface area contributed by atoms with Crippen LogP contribution in [0.5, 0.6) is 0 Å². The van der Waals surface area contributed by atoms with Crippen molar-refractivity contribution in [3.63, 3.8) is 0 Å². The topological polar surface area (TPSA) is 27.7 Å².